The van der Waals surface area contributed by atoms with E-state index in [0.717, 1.165) is 0 Å². The van der Waals surface area contributed by atoms with Gasteiger partial charge < -0.3 is 20.5 Å². The number of amides is 2. The minimum atomic E-state index is -0.876. The number of carbonyl (C=O) groups is 3. The topological polar surface area (TPSA) is 108 Å². The highest BCUT2D eigenvalue weighted by atomic mass is 16.5. The number of rotatable bonds is 9. The molecule has 7 nitrogen and oxygen atoms in total. The van der Waals surface area contributed by atoms with Crippen molar-refractivity contribution in [2.45, 2.75) is 26.3 Å². The van der Waals surface area contributed by atoms with E-state index in [1.54, 1.807) is 13.8 Å². The van der Waals surface area contributed by atoms with Gasteiger partial charge in [0.15, 0.2) is 0 Å². The molecule has 0 aromatic heterocycles. The second kappa shape index (κ2) is 10.1. The molecule has 0 unspecified atom stereocenters. The molecule has 0 spiro atoms. The smallest absolute Gasteiger partial charge is 0.330 e. The summed E-state index contributed by atoms with van der Waals surface area (Å²) in [5.74, 6) is -1.63. The molecule has 0 aliphatic carbocycles. The largest absolute Gasteiger partial charge is 0.463 e. The molecule has 0 rings (SSSR count). The van der Waals surface area contributed by atoms with Gasteiger partial charge >= 0.3 is 5.97 Å². The first-order valence-corrected chi connectivity index (χ1v) is 6.00. The lowest BCUT2D eigenvalue weighted by Crippen LogP contribution is -2.45. The van der Waals surface area contributed by atoms with E-state index >= 15 is 0 Å². The molecule has 0 saturated heterocycles. The number of hydrogen-bond donors (Lipinski definition) is 2. The third kappa shape index (κ3) is 8.78. The summed E-state index contributed by atoms with van der Waals surface area (Å²) < 4.78 is 9.56. The van der Waals surface area contributed by atoms with Crippen molar-refractivity contribution in [2.75, 3.05) is 19.8 Å². The molecule has 0 bridgehead atoms. The van der Waals surface area contributed by atoms with E-state index in [1.165, 1.54) is 12.2 Å². The van der Waals surface area contributed by atoms with Crippen molar-refractivity contribution >= 4 is 17.8 Å². The Morgan fingerprint density at radius 2 is 1.95 bits per heavy atom. The first kappa shape index (κ1) is 17.1. The Bertz CT molecular complexity index is 341. The highest BCUT2D eigenvalue weighted by molar-refractivity contribution is 5.87. The van der Waals surface area contributed by atoms with Crippen molar-refractivity contribution < 1.29 is 23.9 Å². The second-order valence-corrected chi connectivity index (χ2v) is 3.55. The fourth-order valence-corrected chi connectivity index (χ4v) is 1.17. The quantitative estimate of drug-likeness (QED) is 0.434. The van der Waals surface area contributed by atoms with Crippen molar-refractivity contribution in [3.8, 4) is 0 Å². The molecule has 0 aliphatic rings. The van der Waals surface area contributed by atoms with Crippen LogP contribution < -0.4 is 11.1 Å². The minimum absolute atomic E-state index is 0.117. The SMILES string of the molecule is CCOCC(=O)N[C@@H](C/C=C/C(=O)OCC)C(N)=O. The minimum Gasteiger partial charge on any atom is -0.463 e. The van der Waals surface area contributed by atoms with Gasteiger partial charge in [0, 0.05) is 12.7 Å². The number of hydrogen-bond acceptors (Lipinski definition) is 5. The summed E-state index contributed by atoms with van der Waals surface area (Å²) in [5.41, 5.74) is 5.14. The van der Waals surface area contributed by atoms with Crippen molar-refractivity contribution in [1.29, 1.82) is 0 Å². The average molecular weight is 272 g/mol. The Labute approximate surface area is 112 Å². The molecule has 0 aromatic rings. The van der Waals surface area contributed by atoms with Gasteiger partial charge in [-0.25, -0.2) is 4.79 Å². The molecule has 0 radical (unpaired) electrons. The van der Waals surface area contributed by atoms with Crippen molar-refractivity contribution in [3.05, 3.63) is 12.2 Å². The fraction of sp³-hybridized carbons (Fsp3) is 0.583. The first-order valence-electron chi connectivity index (χ1n) is 6.00. The normalized spacial score (nSPS) is 12.1. The highest BCUT2D eigenvalue weighted by Crippen LogP contribution is 1.95. The van der Waals surface area contributed by atoms with Crippen LogP contribution in [0.1, 0.15) is 20.3 Å². The lowest BCUT2D eigenvalue weighted by molar-refractivity contribution is -0.137. The molecule has 0 fully saturated rings. The van der Waals surface area contributed by atoms with Gasteiger partial charge in [-0.15, -0.1) is 0 Å². The fourth-order valence-electron chi connectivity index (χ4n) is 1.17. The van der Waals surface area contributed by atoms with E-state index < -0.39 is 23.8 Å². The lowest BCUT2D eigenvalue weighted by atomic mass is 10.2. The van der Waals surface area contributed by atoms with Crippen molar-refractivity contribution in [2.24, 2.45) is 5.73 Å². The van der Waals surface area contributed by atoms with Gasteiger partial charge in [-0.05, 0) is 20.3 Å². The summed E-state index contributed by atoms with van der Waals surface area (Å²) >= 11 is 0. The van der Waals surface area contributed by atoms with E-state index in [9.17, 15) is 14.4 Å². The predicted molar refractivity (Wildman–Crippen MR) is 68.0 cm³/mol. The lowest BCUT2D eigenvalue weighted by Gasteiger charge is -2.13. The molecule has 19 heavy (non-hydrogen) atoms. The van der Waals surface area contributed by atoms with Gasteiger partial charge in [-0.1, -0.05) is 6.08 Å². The number of nitrogens with two attached hydrogens (primary N) is 1. The van der Waals surface area contributed by atoms with Gasteiger partial charge in [0.1, 0.15) is 12.6 Å². The third-order valence-electron chi connectivity index (χ3n) is 2.03. The van der Waals surface area contributed by atoms with Gasteiger partial charge in [-0.3, -0.25) is 9.59 Å². The summed E-state index contributed by atoms with van der Waals surface area (Å²) in [4.78, 5) is 33.5. The average Bonchev–Trinajstić information content (AvgIpc) is 2.35. The molecule has 7 heteroatoms. The summed E-state index contributed by atoms with van der Waals surface area (Å²) in [6.45, 7) is 3.97. The molecule has 2 amide bonds. The summed E-state index contributed by atoms with van der Waals surface area (Å²) in [6.07, 6.45) is 2.73. The van der Waals surface area contributed by atoms with Crippen LogP contribution in [-0.4, -0.2) is 43.6 Å². The monoisotopic (exact) mass is 272 g/mol. The van der Waals surface area contributed by atoms with Gasteiger partial charge in [0.05, 0.1) is 6.61 Å². The van der Waals surface area contributed by atoms with E-state index in [1.807, 2.05) is 0 Å². The second-order valence-electron chi connectivity index (χ2n) is 3.55. The van der Waals surface area contributed by atoms with Gasteiger partial charge in [0.2, 0.25) is 11.8 Å². The Morgan fingerprint density at radius 1 is 1.26 bits per heavy atom. The van der Waals surface area contributed by atoms with Crippen LogP contribution in [0, 0.1) is 0 Å². The number of carbonyl (C=O) groups excluding carboxylic acids is 3. The Balaban J connectivity index is 4.23. The van der Waals surface area contributed by atoms with Crippen LogP contribution in [0.25, 0.3) is 0 Å². The van der Waals surface area contributed by atoms with E-state index in [2.05, 4.69) is 10.1 Å². The summed E-state index contributed by atoms with van der Waals surface area (Å²) in [7, 11) is 0. The molecule has 3 N–H and O–H groups in total. The molecule has 0 saturated carbocycles. The van der Waals surface area contributed by atoms with Crippen LogP contribution in [0.3, 0.4) is 0 Å². The van der Waals surface area contributed by atoms with Crippen LogP contribution in [0.2, 0.25) is 0 Å². The molecule has 0 aliphatic heterocycles. The third-order valence-corrected chi connectivity index (χ3v) is 2.03. The van der Waals surface area contributed by atoms with Crippen LogP contribution in [-0.2, 0) is 23.9 Å². The van der Waals surface area contributed by atoms with Crippen molar-refractivity contribution in [3.63, 3.8) is 0 Å². The molecular formula is C12H20N2O5. The Morgan fingerprint density at radius 3 is 2.47 bits per heavy atom. The maximum atomic E-state index is 11.4. The maximum absolute atomic E-state index is 11.4. The molecule has 108 valence electrons. The van der Waals surface area contributed by atoms with Crippen LogP contribution in [0.15, 0.2) is 12.2 Å². The Hall–Kier alpha value is -1.89. The van der Waals surface area contributed by atoms with Gasteiger partial charge in [-0.2, -0.15) is 0 Å². The zero-order chi connectivity index (χ0) is 14.7. The van der Waals surface area contributed by atoms with Crippen LogP contribution in [0.4, 0.5) is 0 Å². The number of esters is 1. The first-order chi connectivity index (χ1) is 9.01. The molecule has 1 atom stereocenters. The molecular weight excluding hydrogens is 252 g/mol. The Kier molecular flexibility index (Phi) is 9.07. The van der Waals surface area contributed by atoms with Crippen molar-refractivity contribution in [1.82, 2.24) is 5.32 Å². The number of nitrogens with one attached hydrogen (secondary N) is 1. The van der Waals surface area contributed by atoms with E-state index in [0.29, 0.717) is 6.61 Å². The predicted octanol–water partition coefficient (Wildman–Crippen LogP) is -0.498. The number of ether oxygens (including phenoxy) is 2. The zero-order valence-corrected chi connectivity index (χ0v) is 11.2. The van der Waals surface area contributed by atoms with Crippen LogP contribution >= 0.6 is 0 Å². The number of primary amides is 1. The van der Waals surface area contributed by atoms with Crippen LogP contribution in [0.5, 0.6) is 0 Å². The zero-order valence-electron chi connectivity index (χ0n) is 11.2. The van der Waals surface area contributed by atoms with E-state index in [-0.39, 0.29) is 19.6 Å². The summed E-state index contributed by atoms with van der Waals surface area (Å²) in [6, 6.07) is -0.876. The maximum Gasteiger partial charge on any atom is 0.330 e. The summed E-state index contributed by atoms with van der Waals surface area (Å²) in [5, 5.41) is 2.42. The standard InChI is InChI=1S/C12H20N2O5/c1-3-18-8-10(15)14-9(12(13)17)6-5-7-11(16)19-4-2/h5,7,9H,3-4,6,8H2,1-2H3,(H2,13,17)(H,14,15)/b7-5+/t9-/m0/s1. The highest BCUT2D eigenvalue weighted by Gasteiger charge is 2.16. The van der Waals surface area contributed by atoms with E-state index in [4.69, 9.17) is 10.5 Å². The molecule has 0 heterocycles. The molecule has 0 aromatic carbocycles. The van der Waals surface area contributed by atoms with Gasteiger partial charge in [0.25, 0.3) is 0 Å².